The van der Waals surface area contributed by atoms with Gasteiger partial charge in [-0.25, -0.2) is 0 Å². The molecular formula is C16H14BrF3O. The highest BCUT2D eigenvalue weighted by Gasteiger charge is 2.34. The Morgan fingerprint density at radius 3 is 2.00 bits per heavy atom. The third kappa shape index (κ3) is 3.30. The first-order chi connectivity index (χ1) is 9.77. The molecule has 0 radical (unpaired) electrons. The molecule has 0 aliphatic carbocycles. The molecule has 5 heteroatoms. The zero-order valence-electron chi connectivity index (χ0n) is 11.5. The van der Waals surface area contributed by atoms with Crippen molar-refractivity contribution >= 4 is 15.9 Å². The molecule has 1 unspecified atom stereocenters. The van der Waals surface area contributed by atoms with Gasteiger partial charge in [-0.05, 0) is 42.3 Å². The topological polar surface area (TPSA) is 9.23 Å². The van der Waals surface area contributed by atoms with Crippen LogP contribution in [0.1, 0.15) is 23.6 Å². The van der Waals surface area contributed by atoms with Crippen LogP contribution in [0.4, 0.5) is 13.2 Å². The van der Waals surface area contributed by atoms with Crippen molar-refractivity contribution in [2.45, 2.75) is 18.7 Å². The van der Waals surface area contributed by atoms with Gasteiger partial charge in [0.25, 0.3) is 0 Å². The molecule has 2 aromatic carbocycles. The Hall–Kier alpha value is -1.33. The van der Waals surface area contributed by atoms with Crippen LogP contribution in [-0.4, -0.2) is 7.11 Å². The summed E-state index contributed by atoms with van der Waals surface area (Å²) in [6.07, 6.45) is -4.37. The van der Waals surface area contributed by atoms with Crippen molar-refractivity contribution in [1.29, 1.82) is 0 Å². The van der Waals surface area contributed by atoms with E-state index in [0.717, 1.165) is 22.2 Å². The Kier molecular flexibility index (Phi) is 4.44. The van der Waals surface area contributed by atoms with Gasteiger partial charge >= 0.3 is 6.18 Å². The smallest absolute Gasteiger partial charge is 0.369 e. The van der Waals surface area contributed by atoms with Gasteiger partial charge in [-0.15, -0.1) is 0 Å². The number of methoxy groups -OCH3 is 1. The van der Waals surface area contributed by atoms with Gasteiger partial charge in [-0.2, -0.15) is 13.2 Å². The molecule has 1 nitrogen and oxygen atoms in total. The van der Waals surface area contributed by atoms with E-state index in [0.29, 0.717) is 5.56 Å². The van der Waals surface area contributed by atoms with E-state index in [1.807, 2.05) is 24.3 Å². The fourth-order valence-corrected chi connectivity index (χ4v) is 2.43. The van der Waals surface area contributed by atoms with Crippen molar-refractivity contribution in [2.24, 2.45) is 0 Å². The van der Waals surface area contributed by atoms with E-state index < -0.39 is 17.3 Å². The van der Waals surface area contributed by atoms with Gasteiger partial charge in [0.2, 0.25) is 0 Å². The van der Waals surface area contributed by atoms with Crippen molar-refractivity contribution < 1.29 is 17.9 Å². The zero-order valence-corrected chi connectivity index (χ0v) is 13.1. The van der Waals surface area contributed by atoms with Crippen LogP contribution >= 0.6 is 15.9 Å². The monoisotopic (exact) mass is 358 g/mol. The van der Waals surface area contributed by atoms with E-state index >= 15 is 0 Å². The Balaban J connectivity index is 2.52. The zero-order chi connectivity index (χ0) is 15.7. The lowest BCUT2D eigenvalue weighted by atomic mass is 9.87. The van der Waals surface area contributed by atoms with Gasteiger partial charge in [-0.1, -0.05) is 40.2 Å². The predicted molar refractivity (Wildman–Crippen MR) is 79.0 cm³/mol. The second kappa shape index (κ2) is 5.81. The molecule has 0 heterocycles. The highest BCUT2D eigenvalue weighted by atomic mass is 79.9. The van der Waals surface area contributed by atoms with Gasteiger partial charge in [0, 0.05) is 11.6 Å². The van der Waals surface area contributed by atoms with Crippen LogP contribution in [0.25, 0.3) is 0 Å². The SMILES string of the molecule is COC(C)(c1ccc(Br)cc1)c1cccc(C(F)(F)F)c1. The third-order valence-corrected chi connectivity index (χ3v) is 4.07. The number of hydrogen-bond donors (Lipinski definition) is 0. The summed E-state index contributed by atoms with van der Waals surface area (Å²) in [6.45, 7) is 1.76. The summed E-state index contributed by atoms with van der Waals surface area (Å²) in [7, 11) is 1.49. The molecule has 112 valence electrons. The van der Waals surface area contributed by atoms with Gasteiger partial charge in [0.15, 0.2) is 0 Å². The van der Waals surface area contributed by atoms with Crippen LogP contribution < -0.4 is 0 Å². The molecule has 0 saturated heterocycles. The summed E-state index contributed by atoms with van der Waals surface area (Å²) < 4.78 is 45.0. The lowest BCUT2D eigenvalue weighted by Gasteiger charge is -2.30. The quantitative estimate of drug-likeness (QED) is 0.715. The molecule has 0 spiro atoms. The molecule has 0 fully saturated rings. The van der Waals surface area contributed by atoms with E-state index in [-0.39, 0.29) is 0 Å². The summed E-state index contributed by atoms with van der Waals surface area (Å²) in [5, 5.41) is 0. The lowest BCUT2D eigenvalue weighted by Crippen LogP contribution is -2.26. The lowest BCUT2D eigenvalue weighted by molar-refractivity contribution is -0.137. The largest absolute Gasteiger partial charge is 0.416 e. The van der Waals surface area contributed by atoms with Crippen LogP contribution in [0.3, 0.4) is 0 Å². The normalized spacial score (nSPS) is 14.8. The van der Waals surface area contributed by atoms with Gasteiger partial charge < -0.3 is 4.74 Å². The number of ether oxygens (including phenoxy) is 1. The minimum Gasteiger partial charge on any atom is -0.369 e. The second-order valence-corrected chi connectivity index (χ2v) is 5.74. The van der Waals surface area contributed by atoms with Crippen molar-refractivity contribution in [1.82, 2.24) is 0 Å². The van der Waals surface area contributed by atoms with Crippen molar-refractivity contribution in [2.75, 3.05) is 7.11 Å². The average Bonchev–Trinajstić information content (AvgIpc) is 2.46. The van der Waals surface area contributed by atoms with Gasteiger partial charge in [0.1, 0.15) is 5.60 Å². The summed E-state index contributed by atoms with van der Waals surface area (Å²) in [5.74, 6) is 0. The maximum atomic E-state index is 12.9. The van der Waals surface area contributed by atoms with Crippen LogP contribution in [-0.2, 0) is 16.5 Å². The number of alkyl halides is 3. The molecule has 21 heavy (non-hydrogen) atoms. The summed E-state index contributed by atoms with van der Waals surface area (Å²) in [4.78, 5) is 0. The first-order valence-corrected chi connectivity index (χ1v) is 7.05. The summed E-state index contributed by atoms with van der Waals surface area (Å²) in [6, 6.07) is 12.5. The first kappa shape index (κ1) is 16.0. The molecule has 0 aliphatic rings. The van der Waals surface area contributed by atoms with Crippen LogP contribution in [0.15, 0.2) is 53.0 Å². The van der Waals surface area contributed by atoms with E-state index in [4.69, 9.17) is 4.74 Å². The first-order valence-electron chi connectivity index (χ1n) is 6.26. The Bertz CT molecular complexity index is 622. The van der Waals surface area contributed by atoms with Crippen molar-refractivity contribution in [3.8, 4) is 0 Å². The van der Waals surface area contributed by atoms with Crippen LogP contribution in [0.5, 0.6) is 0 Å². The van der Waals surface area contributed by atoms with Crippen molar-refractivity contribution in [3.05, 3.63) is 69.7 Å². The molecule has 0 bridgehead atoms. The molecule has 2 rings (SSSR count). The van der Waals surface area contributed by atoms with Gasteiger partial charge in [-0.3, -0.25) is 0 Å². The number of halogens is 4. The fraction of sp³-hybridized carbons (Fsp3) is 0.250. The average molecular weight is 359 g/mol. The highest BCUT2D eigenvalue weighted by molar-refractivity contribution is 9.10. The molecular weight excluding hydrogens is 345 g/mol. The molecule has 0 amide bonds. The number of rotatable bonds is 3. The van der Waals surface area contributed by atoms with E-state index in [1.165, 1.54) is 13.2 Å². The van der Waals surface area contributed by atoms with E-state index in [1.54, 1.807) is 13.0 Å². The van der Waals surface area contributed by atoms with Crippen LogP contribution in [0.2, 0.25) is 0 Å². The molecule has 0 N–H and O–H groups in total. The van der Waals surface area contributed by atoms with E-state index in [9.17, 15) is 13.2 Å². The Morgan fingerprint density at radius 1 is 0.905 bits per heavy atom. The third-order valence-electron chi connectivity index (χ3n) is 3.54. The summed E-state index contributed by atoms with van der Waals surface area (Å²) >= 11 is 3.34. The maximum Gasteiger partial charge on any atom is 0.416 e. The number of hydrogen-bond acceptors (Lipinski definition) is 1. The maximum absolute atomic E-state index is 12.9. The highest BCUT2D eigenvalue weighted by Crippen LogP contribution is 2.37. The van der Waals surface area contributed by atoms with E-state index in [2.05, 4.69) is 15.9 Å². The van der Waals surface area contributed by atoms with Crippen LogP contribution in [0, 0.1) is 0 Å². The van der Waals surface area contributed by atoms with Gasteiger partial charge in [0.05, 0.1) is 5.56 Å². The molecule has 2 aromatic rings. The standard InChI is InChI=1S/C16H14BrF3O/c1-15(21-2,11-6-8-14(17)9-7-11)12-4-3-5-13(10-12)16(18,19)20/h3-10H,1-2H3. The molecule has 0 aliphatic heterocycles. The second-order valence-electron chi connectivity index (χ2n) is 4.82. The minimum atomic E-state index is -4.37. The number of benzene rings is 2. The Morgan fingerprint density at radius 2 is 1.48 bits per heavy atom. The molecule has 1 atom stereocenters. The minimum absolute atomic E-state index is 0.460. The fourth-order valence-electron chi connectivity index (χ4n) is 2.16. The Labute approximate surface area is 129 Å². The predicted octanol–water partition coefficient (Wildman–Crippen LogP) is 5.38. The molecule has 0 aromatic heterocycles. The van der Waals surface area contributed by atoms with Crippen molar-refractivity contribution in [3.63, 3.8) is 0 Å². The summed E-state index contributed by atoms with van der Waals surface area (Å²) in [5.41, 5.74) is -0.378. The molecule has 0 saturated carbocycles.